The van der Waals surface area contributed by atoms with Crippen LogP contribution in [0.25, 0.3) is 11.4 Å². The molecule has 0 aliphatic carbocycles. The standard InChI is InChI=1S/C12H13N5O3S.C2HF3O2/c1-12(2,11(19)20)15-9(18)6-17-4-3-8(5-14-17)10-13-7-21-16-10;3-2(4,5)1(6)7/h3-5,7H,6H2,1-2H3,(H-,15,18,19,20);(H,6,7). The fourth-order valence-corrected chi connectivity index (χ4v) is 1.94. The fraction of sp³-hybridized carbons (Fsp3) is 0.357. The lowest BCUT2D eigenvalue weighted by Gasteiger charge is -2.19. The van der Waals surface area contributed by atoms with Crippen LogP contribution in [0.3, 0.4) is 0 Å². The zero-order chi connectivity index (χ0) is 21.5. The van der Waals surface area contributed by atoms with Gasteiger partial charge >= 0.3 is 12.1 Å². The molecule has 2 heterocycles. The summed E-state index contributed by atoms with van der Waals surface area (Å²) >= 11 is 1.24. The van der Waals surface area contributed by atoms with Crippen LogP contribution < -0.4 is 15.1 Å². The lowest BCUT2D eigenvalue weighted by Crippen LogP contribution is -2.54. The molecule has 2 aromatic rings. The van der Waals surface area contributed by atoms with Gasteiger partial charge in [-0.05, 0) is 30.5 Å². The van der Waals surface area contributed by atoms with E-state index in [0.29, 0.717) is 5.82 Å². The van der Waals surface area contributed by atoms with Crippen molar-refractivity contribution < 1.29 is 42.4 Å². The van der Waals surface area contributed by atoms with Crippen LogP contribution in [0.1, 0.15) is 13.8 Å². The molecule has 0 aliphatic rings. The van der Waals surface area contributed by atoms with Gasteiger partial charge < -0.3 is 20.3 Å². The Balaban J connectivity index is 0.000000480. The Hall–Kier alpha value is -3.16. The second-order valence-corrected chi connectivity index (χ2v) is 6.24. The summed E-state index contributed by atoms with van der Waals surface area (Å²) in [6.45, 7) is 2.77. The van der Waals surface area contributed by atoms with Gasteiger partial charge in [-0.3, -0.25) is 4.79 Å². The maximum atomic E-state index is 11.8. The van der Waals surface area contributed by atoms with Crippen LogP contribution in [0.2, 0.25) is 0 Å². The normalized spacial score (nSPS) is 11.2. The van der Waals surface area contributed by atoms with Crippen molar-refractivity contribution >= 4 is 29.4 Å². The number of carbonyl (C=O) groups excluding carboxylic acids is 2. The number of hydrogen-bond donors (Lipinski definition) is 2. The third kappa shape index (κ3) is 7.22. The van der Waals surface area contributed by atoms with E-state index in [1.165, 1.54) is 30.1 Å². The Kier molecular flexibility index (Phi) is 7.49. The third-order valence-electron chi connectivity index (χ3n) is 2.91. The van der Waals surface area contributed by atoms with E-state index in [9.17, 15) is 22.8 Å². The zero-order valence-electron chi connectivity index (χ0n) is 14.4. The number of nitrogens with zero attached hydrogens (tertiary/aromatic N) is 4. The number of nitrogens with one attached hydrogen (secondary N) is 1. The van der Waals surface area contributed by atoms with E-state index in [-0.39, 0.29) is 6.54 Å². The van der Waals surface area contributed by atoms with Crippen molar-refractivity contribution in [1.29, 1.82) is 0 Å². The van der Waals surface area contributed by atoms with E-state index in [1.807, 2.05) is 0 Å². The number of amides is 1. The SMILES string of the molecule is CC(C)(NC(=O)C[n+]1ccc(-c2ncsn2)cn1)C(=O)O.O=C([O-])C(F)(F)F. The molecule has 2 aromatic heterocycles. The summed E-state index contributed by atoms with van der Waals surface area (Å²) < 4.78 is 37.0. The highest BCUT2D eigenvalue weighted by atomic mass is 32.1. The number of carboxylic acid groups (broad SMARTS) is 2. The average Bonchev–Trinajstić information content (AvgIpc) is 3.09. The van der Waals surface area contributed by atoms with Crippen LogP contribution >= 0.6 is 11.5 Å². The van der Waals surface area contributed by atoms with Gasteiger partial charge in [-0.25, -0.2) is 9.78 Å². The first-order chi connectivity index (χ1) is 12.8. The molecule has 10 nitrogen and oxygen atoms in total. The Bertz CT molecular complexity index is 825. The minimum absolute atomic E-state index is 0.0680. The van der Waals surface area contributed by atoms with E-state index >= 15 is 0 Å². The molecule has 2 N–H and O–H groups in total. The topological polar surface area (TPSA) is 149 Å². The minimum atomic E-state index is -5.19. The largest absolute Gasteiger partial charge is 0.542 e. The lowest BCUT2D eigenvalue weighted by atomic mass is 10.1. The van der Waals surface area contributed by atoms with Crippen LogP contribution in [0.5, 0.6) is 0 Å². The first kappa shape index (κ1) is 22.9. The van der Waals surface area contributed by atoms with Crippen molar-refractivity contribution in [3.63, 3.8) is 0 Å². The molecule has 0 aromatic carbocycles. The van der Waals surface area contributed by atoms with Crippen molar-refractivity contribution in [2.45, 2.75) is 32.1 Å². The van der Waals surface area contributed by atoms with Crippen LogP contribution in [0.4, 0.5) is 13.2 Å². The van der Waals surface area contributed by atoms with Gasteiger partial charge in [0, 0.05) is 6.07 Å². The molecular formula is C14H14F3N5O5S. The van der Waals surface area contributed by atoms with Gasteiger partial charge in [0.15, 0.2) is 12.0 Å². The number of aromatic nitrogens is 4. The van der Waals surface area contributed by atoms with E-state index in [0.717, 1.165) is 5.56 Å². The zero-order valence-corrected chi connectivity index (χ0v) is 15.2. The van der Waals surface area contributed by atoms with Crippen molar-refractivity contribution in [2.24, 2.45) is 0 Å². The Labute approximate surface area is 159 Å². The lowest BCUT2D eigenvalue weighted by molar-refractivity contribution is -0.742. The summed E-state index contributed by atoms with van der Waals surface area (Å²) in [5.41, 5.74) is 1.05. The molecule has 0 radical (unpaired) electrons. The van der Waals surface area contributed by atoms with Crippen molar-refractivity contribution in [2.75, 3.05) is 0 Å². The molecule has 0 unspecified atom stereocenters. The molecule has 0 saturated carbocycles. The van der Waals surface area contributed by atoms with E-state index in [4.69, 9.17) is 15.0 Å². The van der Waals surface area contributed by atoms with Gasteiger partial charge in [0.25, 0.3) is 12.5 Å². The first-order valence-corrected chi connectivity index (χ1v) is 8.11. The third-order valence-corrected chi connectivity index (χ3v) is 3.39. The predicted octanol–water partition coefficient (Wildman–Crippen LogP) is -0.834. The Morgan fingerprint density at radius 1 is 1.32 bits per heavy atom. The van der Waals surface area contributed by atoms with Gasteiger partial charge in [0.05, 0.1) is 5.56 Å². The van der Waals surface area contributed by atoms with Gasteiger partial charge in [-0.2, -0.15) is 17.5 Å². The van der Waals surface area contributed by atoms with Gasteiger partial charge in [0.2, 0.25) is 0 Å². The smallest absolute Gasteiger partial charge is 0.430 e. The van der Waals surface area contributed by atoms with Gasteiger partial charge in [-0.1, -0.05) is 4.68 Å². The quantitative estimate of drug-likeness (QED) is 0.594. The van der Waals surface area contributed by atoms with Crippen molar-refractivity contribution in [1.82, 2.24) is 19.8 Å². The molecule has 0 atom stereocenters. The molecule has 0 fully saturated rings. The van der Waals surface area contributed by atoms with Crippen molar-refractivity contribution in [3.05, 3.63) is 24.0 Å². The van der Waals surface area contributed by atoms with Gasteiger partial charge in [-0.15, -0.1) is 0 Å². The molecule has 1 amide bonds. The Morgan fingerprint density at radius 2 is 1.93 bits per heavy atom. The summed E-state index contributed by atoms with van der Waals surface area (Å²) in [7, 11) is 0. The minimum Gasteiger partial charge on any atom is -0.542 e. The average molecular weight is 421 g/mol. The number of rotatable bonds is 5. The molecule has 152 valence electrons. The molecule has 28 heavy (non-hydrogen) atoms. The monoisotopic (exact) mass is 421 g/mol. The summed E-state index contributed by atoms with van der Waals surface area (Å²) in [5, 5.41) is 24.2. The van der Waals surface area contributed by atoms with E-state index in [1.54, 1.807) is 24.0 Å². The molecule has 0 aliphatic heterocycles. The molecule has 0 bridgehead atoms. The highest BCUT2D eigenvalue weighted by Gasteiger charge is 2.30. The predicted molar refractivity (Wildman–Crippen MR) is 84.3 cm³/mol. The summed E-state index contributed by atoms with van der Waals surface area (Å²) in [6, 6.07) is 1.74. The van der Waals surface area contributed by atoms with Crippen LogP contribution in [0, 0.1) is 0 Å². The highest BCUT2D eigenvalue weighted by molar-refractivity contribution is 7.03. The van der Waals surface area contributed by atoms with Crippen molar-refractivity contribution in [3.8, 4) is 11.4 Å². The Morgan fingerprint density at radius 3 is 2.32 bits per heavy atom. The number of halogens is 3. The molecule has 2 rings (SSSR count). The second-order valence-electron chi connectivity index (χ2n) is 5.63. The number of hydrogen-bond acceptors (Lipinski definition) is 8. The molecule has 0 saturated heterocycles. The number of carbonyl (C=O) groups is 3. The van der Waals surface area contributed by atoms with Crippen LogP contribution in [-0.4, -0.2) is 49.1 Å². The van der Waals surface area contributed by atoms with Gasteiger partial charge in [0.1, 0.15) is 23.2 Å². The highest BCUT2D eigenvalue weighted by Crippen LogP contribution is 2.12. The first-order valence-electron chi connectivity index (χ1n) is 7.28. The maximum absolute atomic E-state index is 11.8. The number of alkyl halides is 3. The molecule has 14 heteroatoms. The van der Waals surface area contributed by atoms with E-state index in [2.05, 4.69) is 19.8 Å². The summed E-state index contributed by atoms with van der Waals surface area (Å²) in [4.78, 5) is 35.6. The number of aliphatic carboxylic acids is 2. The summed E-state index contributed by atoms with van der Waals surface area (Å²) in [5.74, 6) is -3.96. The summed E-state index contributed by atoms with van der Waals surface area (Å²) in [6.07, 6.45) is -2.03. The second kappa shape index (κ2) is 9.16. The molecule has 0 spiro atoms. The molecular weight excluding hydrogens is 407 g/mol. The fourth-order valence-electron chi connectivity index (χ4n) is 1.50. The van der Waals surface area contributed by atoms with E-state index < -0.39 is 29.6 Å². The van der Waals surface area contributed by atoms with Crippen LogP contribution in [-0.2, 0) is 20.9 Å². The van der Waals surface area contributed by atoms with Crippen LogP contribution in [0.15, 0.2) is 24.0 Å². The maximum Gasteiger partial charge on any atom is 0.430 e. The number of carboxylic acids is 2.